The van der Waals surface area contributed by atoms with Crippen LogP contribution in [0.3, 0.4) is 0 Å². The zero-order valence-corrected chi connectivity index (χ0v) is 8.52. The van der Waals surface area contributed by atoms with Crippen molar-refractivity contribution in [3.05, 3.63) is 35.1 Å². The highest BCUT2D eigenvalue weighted by atomic mass is 19.1. The smallest absolute Gasteiger partial charge is 0.123 e. The first kappa shape index (κ1) is 9.66. The van der Waals surface area contributed by atoms with Crippen LogP contribution in [0.1, 0.15) is 37.3 Å². The minimum atomic E-state index is -0.197. The summed E-state index contributed by atoms with van der Waals surface area (Å²) in [5.41, 5.74) is 8.36. The Morgan fingerprint density at radius 2 is 2.29 bits per heavy atom. The van der Waals surface area contributed by atoms with E-state index in [1.54, 1.807) is 6.07 Å². The Bertz CT molecular complexity index is 348. The van der Waals surface area contributed by atoms with Crippen molar-refractivity contribution in [3.8, 4) is 0 Å². The van der Waals surface area contributed by atoms with E-state index in [1.807, 2.05) is 6.07 Å². The quantitative estimate of drug-likeness (QED) is 0.767. The van der Waals surface area contributed by atoms with Crippen molar-refractivity contribution in [2.24, 2.45) is 5.73 Å². The molecule has 1 aromatic carbocycles. The standard InChI is InChI=1S/C12H16FN/c1-2-6-12(14)7-5-9-8-10(13)3-4-11(9)12/h3-4,8H,2,5-7,14H2,1H3. The van der Waals surface area contributed by atoms with Gasteiger partial charge in [-0.05, 0) is 42.5 Å². The van der Waals surface area contributed by atoms with Crippen molar-refractivity contribution in [2.45, 2.75) is 38.1 Å². The molecule has 1 atom stereocenters. The summed E-state index contributed by atoms with van der Waals surface area (Å²) in [6.07, 6.45) is 3.95. The lowest BCUT2D eigenvalue weighted by atomic mass is 9.88. The van der Waals surface area contributed by atoms with Crippen molar-refractivity contribution in [3.63, 3.8) is 0 Å². The lowest BCUT2D eigenvalue weighted by Crippen LogP contribution is -2.33. The van der Waals surface area contributed by atoms with Gasteiger partial charge in [-0.25, -0.2) is 4.39 Å². The topological polar surface area (TPSA) is 26.0 Å². The fraction of sp³-hybridized carbons (Fsp3) is 0.500. The molecule has 76 valence electrons. The van der Waals surface area contributed by atoms with E-state index in [1.165, 1.54) is 6.07 Å². The van der Waals surface area contributed by atoms with Crippen LogP contribution >= 0.6 is 0 Å². The molecule has 1 unspecified atom stereocenters. The van der Waals surface area contributed by atoms with E-state index in [0.29, 0.717) is 0 Å². The predicted molar refractivity (Wildman–Crippen MR) is 55.5 cm³/mol. The maximum Gasteiger partial charge on any atom is 0.123 e. The zero-order chi connectivity index (χ0) is 10.2. The highest BCUT2D eigenvalue weighted by Gasteiger charge is 2.33. The summed E-state index contributed by atoms with van der Waals surface area (Å²) in [5, 5.41) is 0. The van der Waals surface area contributed by atoms with Crippen LogP contribution in [0.15, 0.2) is 18.2 Å². The van der Waals surface area contributed by atoms with E-state index in [9.17, 15) is 4.39 Å². The van der Waals surface area contributed by atoms with Gasteiger partial charge in [0.2, 0.25) is 0 Å². The molecule has 1 aliphatic carbocycles. The first-order valence-corrected chi connectivity index (χ1v) is 5.23. The molecule has 1 aromatic rings. The Kier molecular flexibility index (Phi) is 2.31. The van der Waals surface area contributed by atoms with Gasteiger partial charge in [0.15, 0.2) is 0 Å². The Balaban J connectivity index is 2.39. The Hall–Kier alpha value is -0.890. The molecule has 0 fully saturated rings. The number of benzene rings is 1. The SMILES string of the molecule is CCCC1(N)CCc2cc(F)ccc21. The third-order valence-corrected chi connectivity index (χ3v) is 3.14. The van der Waals surface area contributed by atoms with Crippen LogP contribution in [0.5, 0.6) is 0 Å². The number of fused-ring (bicyclic) bond motifs is 1. The molecule has 2 N–H and O–H groups in total. The summed E-state index contributed by atoms with van der Waals surface area (Å²) in [6, 6.07) is 4.99. The van der Waals surface area contributed by atoms with Crippen LogP contribution in [0, 0.1) is 5.82 Å². The van der Waals surface area contributed by atoms with E-state index >= 15 is 0 Å². The van der Waals surface area contributed by atoms with Crippen LogP contribution in [-0.2, 0) is 12.0 Å². The zero-order valence-electron chi connectivity index (χ0n) is 8.52. The number of nitrogens with two attached hydrogens (primary N) is 1. The lowest BCUT2D eigenvalue weighted by Gasteiger charge is -2.24. The number of rotatable bonds is 2. The third-order valence-electron chi connectivity index (χ3n) is 3.14. The van der Waals surface area contributed by atoms with Crippen molar-refractivity contribution in [2.75, 3.05) is 0 Å². The molecule has 0 amide bonds. The van der Waals surface area contributed by atoms with Crippen molar-refractivity contribution in [1.82, 2.24) is 0 Å². The molecule has 1 nitrogen and oxygen atoms in total. The molecule has 0 saturated carbocycles. The van der Waals surface area contributed by atoms with Gasteiger partial charge in [0.1, 0.15) is 5.82 Å². The van der Waals surface area contributed by atoms with Crippen molar-refractivity contribution >= 4 is 0 Å². The number of hydrogen-bond acceptors (Lipinski definition) is 1. The van der Waals surface area contributed by atoms with Gasteiger partial charge in [-0.2, -0.15) is 0 Å². The van der Waals surface area contributed by atoms with E-state index in [4.69, 9.17) is 5.73 Å². The Morgan fingerprint density at radius 1 is 1.50 bits per heavy atom. The summed E-state index contributed by atoms with van der Waals surface area (Å²) >= 11 is 0. The summed E-state index contributed by atoms with van der Waals surface area (Å²) < 4.78 is 13.0. The minimum Gasteiger partial charge on any atom is -0.321 e. The van der Waals surface area contributed by atoms with Gasteiger partial charge < -0.3 is 5.73 Å². The molecule has 0 spiro atoms. The first-order valence-electron chi connectivity index (χ1n) is 5.23. The van der Waals surface area contributed by atoms with Gasteiger partial charge >= 0.3 is 0 Å². The van der Waals surface area contributed by atoms with Gasteiger partial charge in [0, 0.05) is 5.54 Å². The largest absolute Gasteiger partial charge is 0.321 e. The molecule has 2 rings (SSSR count). The van der Waals surface area contributed by atoms with Gasteiger partial charge in [0.05, 0.1) is 0 Å². The summed E-state index contributed by atoms with van der Waals surface area (Å²) in [5.74, 6) is -0.149. The van der Waals surface area contributed by atoms with Crippen LogP contribution in [0.25, 0.3) is 0 Å². The highest BCUT2D eigenvalue weighted by molar-refractivity contribution is 5.38. The third kappa shape index (κ3) is 1.44. The molecular weight excluding hydrogens is 177 g/mol. The van der Waals surface area contributed by atoms with Crippen LogP contribution in [-0.4, -0.2) is 0 Å². The normalized spacial score (nSPS) is 25.1. The van der Waals surface area contributed by atoms with Gasteiger partial charge in [-0.15, -0.1) is 0 Å². The predicted octanol–water partition coefficient (Wildman–Crippen LogP) is 2.73. The molecule has 0 heterocycles. The lowest BCUT2D eigenvalue weighted by molar-refractivity contribution is 0.402. The monoisotopic (exact) mass is 193 g/mol. The molecule has 1 aliphatic rings. The maximum atomic E-state index is 13.0. The molecule has 0 saturated heterocycles. The molecule has 2 heteroatoms. The van der Waals surface area contributed by atoms with E-state index < -0.39 is 0 Å². The van der Waals surface area contributed by atoms with E-state index in [0.717, 1.165) is 36.8 Å². The summed E-state index contributed by atoms with van der Waals surface area (Å²) in [6.45, 7) is 2.14. The molecule has 0 bridgehead atoms. The number of hydrogen-bond donors (Lipinski definition) is 1. The fourth-order valence-electron chi connectivity index (χ4n) is 2.45. The number of halogens is 1. The average Bonchev–Trinajstić information content (AvgIpc) is 2.44. The molecule has 14 heavy (non-hydrogen) atoms. The Morgan fingerprint density at radius 3 is 3.00 bits per heavy atom. The average molecular weight is 193 g/mol. The highest BCUT2D eigenvalue weighted by Crippen LogP contribution is 2.38. The van der Waals surface area contributed by atoms with Gasteiger partial charge in [-0.1, -0.05) is 19.4 Å². The minimum absolute atomic E-state index is 0.149. The van der Waals surface area contributed by atoms with Crippen LogP contribution in [0.4, 0.5) is 4.39 Å². The number of aryl methyl sites for hydroxylation is 1. The first-order chi connectivity index (χ1) is 6.65. The van der Waals surface area contributed by atoms with Crippen LogP contribution < -0.4 is 5.73 Å². The Labute approximate surface area is 84.1 Å². The van der Waals surface area contributed by atoms with Crippen molar-refractivity contribution in [1.29, 1.82) is 0 Å². The van der Waals surface area contributed by atoms with Gasteiger partial charge in [0.25, 0.3) is 0 Å². The van der Waals surface area contributed by atoms with Gasteiger partial charge in [-0.3, -0.25) is 0 Å². The second kappa shape index (κ2) is 3.35. The molecular formula is C12H16FN. The maximum absolute atomic E-state index is 13.0. The van der Waals surface area contributed by atoms with E-state index in [2.05, 4.69) is 6.92 Å². The second-order valence-electron chi connectivity index (χ2n) is 4.21. The summed E-state index contributed by atoms with van der Waals surface area (Å²) in [4.78, 5) is 0. The van der Waals surface area contributed by atoms with Crippen molar-refractivity contribution < 1.29 is 4.39 Å². The molecule has 0 aliphatic heterocycles. The summed E-state index contributed by atoms with van der Waals surface area (Å²) in [7, 11) is 0. The fourth-order valence-corrected chi connectivity index (χ4v) is 2.45. The molecule has 0 aromatic heterocycles. The van der Waals surface area contributed by atoms with Crippen LogP contribution in [0.2, 0.25) is 0 Å². The molecule has 0 radical (unpaired) electrons. The van der Waals surface area contributed by atoms with E-state index in [-0.39, 0.29) is 11.4 Å². The second-order valence-corrected chi connectivity index (χ2v) is 4.21.